The maximum atomic E-state index is 12.5. The Balaban J connectivity index is 2.18. The highest BCUT2D eigenvalue weighted by Crippen LogP contribution is 2.25. The summed E-state index contributed by atoms with van der Waals surface area (Å²) in [5.41, 5.74) is 1.68. The van der Waals surface area contributed by atoms with Crippen LogP contribution in [0.2, 0.25) is 0 Å². The van der Waals surface area contributed by atoms with Crippen molar-refractivity contribution >= 4 is 11.9 Å². The molecule has 0 fully saturated rings. The van der Waals surface area contributed by atoms with Gasteiger partial charge in [-0.05, 0) is 18.1 Å². The van der Waals surface area contributed by atoms with Gasteiger partial charge in [-0.15, -0.1) is 0 Å². The van der Waals surface area contributed by atoms with Gasteiger partial charge >= 0.3 is 5.97 Å². The molecule has 114 valence electrons. The predicted molar refractivity (Wildman–Crippen MR) is 84.4 cm³/mol. The number of hydrogen-bond donors (Lipinski definition) is 1. The topological polar surface area (TPSA) is 55.4 Å². The molecule has 0 saturated carbocycles. The number of rotatable bonds is 6. The quantitative estimate of drug-likeness (QED) is 0.833. The van der Waals surface area contributed by atoms with Crippen LogP contribution in [-0.2, 0) is 14.3 Å². The summed E-state index contributed by atoms with van der Waals surface area (Å²) in [4.78, 5) is 23.9. The van der Waals surface area contributed by atoms with Gasteiger partial charge in [0, 0.05) is 6.54 Å². The summed E-state index contributed by atoms with van der Waals surface area (Å²) in [5.74, 6) is -1.25. The Kier molecular flexibility index (Phi) is 5.72. The van der Waals surface area contributed by atoms with Crippen molar-refractivity contribution in [1.82, 2.24) is 5.32 Å². The van der Waals surface area contributed by atoms with Crippen LogP contribution in [0, 0.1) is 0 Å². The lowest BCUT2D eigenvalue weighted by Crippen LogP contribution is -2.29. The molecule has 0 heterocycles. The maximum Gasteiger partial charge on any atom is 0.318 e. The van der Waals surface area contributed by atoms with Crippen LogP contribution >= 0.6 is 0 Å². The van der Waals surface area contributed by atoms with Gasteiger partial charge in [0.25, 0.3) is 5.91 Å². The molecule has 0 radical (unpaired) electrons. The van der Waals surface area contributed by atoms with E-state index in [0.717, 1.165) is 11.1 Å². The zero-order chi connectivity index (χ0) is 15.8. The van der Waals surface area contributed by atoms with Crippen LogP contribution in [0.1, 0.15) is 24.0 Å². The van der Waals surface area contributed by atoms with Gasteiger partial charge in [0.2, 0.25) is 0 Å². The van der Waals surface area contributed by atoms with Gasteiger partial charge < -0.3 is 10.1 Å². The molecule has 1 N–H and O–H groups in total. The number of ether oxygens (including phenoxy) is 1. The lowest BCUT2D eigenvalue weighted by Gasteiger charge is -2.16. The highest BCUT2D eigenvalue weighted by molar-refractivity contribution is 5.85. The maximum absolute atomic E-state index is 12.5. The van der Waals surface area contributed by atoms with Crippen molar-refractivity contribution < 1.29 is 14.3 Å². The first-order chi connectivity index (χ1) is 10.7. The van der Waals surface area contributed by atoms with Gasteiger partial charge in [0.05, 0.1) is 0 Å². The van der Waals surface area contributed by atoms with Crippen molar-refractivity contribution in [2.75, 3.05) is 13.2 Å². The molecule has 0 aliphatic heterocycles. The Labute approximate surface area is 130 Å². The van der Waals surface area contributed by atoms with Gasteiger partial charge in [-0.1, -0.05) is 60.7 Å². The molecule has 2 aromatic carbocycles. The molecule has 0 aliphatic rings. The van der Waals surface area contributed by atoms with Crippen LogP contribution in [0.15, 0.2) is 60.7 Å². The number of esters is 1. The van der Waals surface area contributed by atoms with E-state index in [-0.39, 0.29) is 12.5 Å². The number of hydrogen-bond acceptors (Lipinski definition) is 3. The molecule has 1 amide bonds. The average molecular weight is 297 g/mol. The molecule has 2 rings (SSSR count). The van der Waals surface area contributed by atoms with E-state index in [1.807, 2.05) is 67.6 Å². The highest BCUT2D eigenvalue weighted by Gasteiger charge is 2.24. The standard InChI is InChI=1S/C18H19NO3/c1-2-19-16(20)13-22-18(21)17(14-9-5-3-6-10-14)15-11-7-4-8-12-15/h3-12,17H,2,13H2,1H3,(H,19,20). The van der Waals surface area contributed by atoms with Crippen LogP contribution in [0.3, 0.4) is 0 Å². The zero-order valence-corrected chi connectivity index (χ0v) is 12.5. The SMILES string of the molecule is CCNC(=O)COC(=O)C(c1ccccc1)c1ccccc1. The smallest absolute Gasteiger partial charge is 0.318 e. The zero-order valence-electron chi connectivity index (χ0n) is 12.5. The second-order valence-corrected chi connectivity index (χ2v) is 4.82. The van der Waals surface area contributed by atoms with Gasteiger partial charge in [0.15, 0.2) is 6.61 Å². The first-order valence-corrected chi connectivity index (χ1v) is 7.25. The Bertz CT molecular complexity index is 571. The molecule has 4 heteroatoms. The van der Waals surface area contributed by atoms with E-state index >= 15 is 0 Å². The number of carbonyl (C=O) groups excluding carboxylic acids is 2. The Hall–Kier alpha value is -2.62. The summed E-state index contributed by atoms with van der Waals surface area (Å²) in [6.07, 6.45) is 0. The van der Waals surface area contributed by atoms with E-state index in [9.17, 15) is 9.59 Å². The third-order valence-electron chi connectivity index (χ3n) is 3.22. The minimum absolute atomic E-state index is 0.261. The normalized spacial score (nSPS) is 10.3. The predicted octanol–water partition coefficient (Wildman–Crippen LogP) is 2.50. The lowest BCUT2D eigenvalue weighted by molar-refractivity contribution is -0.149. The van der Waals surface area contributed by atoms with Crippen LogP contribution in [0.4, 0.5) is 0 Å². The van der Waals surface area contributed by atoms with Crippen LogP contribution in [0.5, 0.6) is 0 Å². The fourth-order valence-corrected chi connectivity index (χ4v) is 2.22. The third-order valence-corrected chi connectivity index (χ3v) is 3.22. The molecule has 0 aliphatic carbocycles. The molecular formula is C18H19NO3. The number of nitrogens with one attached hydrogen (secondary N) is 1. The minimum Gasteiger partial charge on any atom is -0.455 e. The van der Waals surface area contributed by atoms with Crippen LogP contribution in [-0.4, -0.2) is 25.0 Å². The molecule has 0 aromatic heterocycles. The van der Waals surface area contributed by atoms with Gasteiger partial charge in [-0.2, -0.15) is 0 Å². The van der Waals surface area contributed by atoms with E-state index in [0.29, 0.717) is 6.54 Å². The third kappa shape index (κ3) is 4.19. The van der Waals surface area contributed by atoms with E-state index in [4.69, 9.17) is 4.74 Å². The van der Waals surface area contributed by atoms with Gasteiger partial charge in [-0.3, -0.25) is 9.59 Å². The number of benzene rings is 2. The summed E-state index contributed by atoms with van der Waals surface area (Å²) in [6.45, 7) is 2.07. The molecule has 0 spiro atoms. The summed E-state index contributed by atoms with van der Waals surface area (Å²) >= 11 is 0. The Morgan fingerprint density at radius 2 is 1.45 bits per heavy atom. The monoisotopic (exact) mass is 297 g/mol. The molecular weight excluding hydrogens is 278 g/mol. The van der Waals surface area contributed by atoms with E-state index < -0.39 is 11.9 Å². The van der Waals surface area contributed by atoms with Crippen molar-refractivity contribution in [2.45, 2.75) is 12.8 Å². The fraction of sp³-hybridized carbons (Fsp3) is 0.222. The number of likely N-dealkylation sites (N-methyl/N-ethyl adjacent to an activating group) is 1. The van der Waals surface area contributed by atoms with Crippen molar-refractivity contribution in [3.63, 3.8) is 0 Å². The average Bonchev–Trinajstić information content (AvgIpc) is 2.55. The van der Waals surface area contributed by atoms with Crippen molar-refractivity contribution in [1.29, 1.82) is 0 Å². The molecule has 0 unspecified atom stereocenters. The second-order valence-electron chi connectivity index (χ2n) is 4.82. The summed E-state index contributed by atoms with van der Waals surface area (Å²) < 4.78 is 5.18. The van der Waals surface area contributed by atoms with Crippen molar-refractivity contribution in [2.24, 2.45) is 0 Å². The Morgan fingerprint density at radius 1 is 0.955 bits per heavy atom. The highest BCUT2D eigenvalue weighted by atomic mass is 16.5. The molecule has 2 aromatic rings. The second kappa shape index (κ2) is 7.98. The number of carbonyl (C=O) groups is 2. The molecule has 0 bridgehead atoms. The molecule has 22 heavy (non-hydrogen) atoms. The van der Waals surface area contributed by atoms with Gasteiger partial charge in [-0.25, -0.2) is 0 Å². The van der Waals surface area contributed by atoms with Crippen molar-refractivity contribution in [3.8, 4) is 0 Å². The van der Waals surface area contributed by atoms with Gasteiger partial charge in [0.1, 0.15) is 5.92 Å². The van der Waals surface area contributed by atoms with Crippen LogP contribution in [0.25, 0.3) is 0 Å². The summed E-state index contributed by atoms with van der Waals surface area (Å²) in [7, 11) is 0. The summed E-state index contributed by atoms with van der Waals surface area (Å²) in [5, 5.41) is 2.60. The molecule has 0 saturated heterocycles. The fourth-order valence-electron chi connectivity index (χ4n) is 2.22. The Morgan fingerprint density at radius 3 is 1.91 bits per heavy atom. The largest absolute Gasteiger partial charge is 0.455 e. The molecule has 0 atom stereocenters. The van der Waals surface area contributed by atoms with Crippen molar-refractivity contribution in [3.05, 3.63) is 71.8 Å². The van der Waals surface area contributed by atoms with Crippen LogP contribution < -0.4 is 5.32 Å². The van der Waals surface area contributed by atoms with E-state index in [1.54, 1.807) is 0 Å². The minimum atomic E-state index is -0.531. The lowest BCUT2D eigenvalue weighted by atomic mass is 9.91. The van der Waals surface area contributed by atoms with E-state index in [2.05, 4.69) is 5.32 Å². The summed E-state index contributed by atoms with van der Waals surface area (Å²) in [6, 6.07) is 18.8. The van der Waals surface area contributed by atoms with E-state index in [1.165, 1.54) is 0 Å². The first-order valence-electron chi connectivity index (χ1n) is 7.25. The molecule has 4 nitrogen and oxygen atoms in total. The first kappa shape index (κ1) is 15.8. The number of amides is 1.